The molecule has 1 heterocycles. The second kappa shape index (κ2) is 2.90. The molecule has 4 nitrogen and oxygen atoms in total. The number of halogens is 1. The number of aromatic nitrogens is 2. The van der Waals surface area contributed by atoms with E-state index in [9.17, 15) is 0 Å². The standard InChI is InChI=1S/C8H9ClN4/c1-4-2-5(9)3-6-7(4)12-8(11-6)13-10/h2-3H,10H2,1H3,(H2,11,12,13). The van der Waals surface area contributed by atoms with Crippen LogP contribution in [0.4, 0.5) is 5.95 Å². The number of hydrazine groups is 1. The first-order valence-electron chi connectivity index (χ1n) is 3.83. The molecular weight excluding hydrogens is 188 g/mol. The molecule has 0 aliphatic heterocycles. The van der Waals surface area contributed by atoms with Crippen molar-refractivity contribution < 1.29 is 0 Å². The second-order valence-corrected chi connectivity index (χ2v) is 3.29. The Bertz CT molecular complexity index is 449. The lowest BCUT2D eigenvalue weighted by atomic mass is 10.2. The van der Waals surface area contributed by atoms with Gasteiger partial charge in [0.1, 0.15) is 0 Å². The van der Waals surface area contributed by atoms with Gasteiger partial charge in [-0.3, -0.25) is 5.43 Å². The van der Waals surface area contributed by atoms with Crippen LogP contribution in [-0.4, -0.2) is 9.97 Å². The number of benzene rings is 1. The number of nitrogen functional groups attached to an aromatic ring is 1. The molecule has 0 aliphatic rings. The minimum atomic E-state index is 0.542. The lowest BCUT2D eigenvalue weighted by molar-refractivity contribution is 1.21. The number of rotatable bonds is 1. The molecule has 68 valence electrons. The molecule has 0 amide bonds. The zero-order valence-electron chi connectivity index (χ0n) is 7.06. The summed E-state index contributed by atoms with van der Waals surface area (Å²) in [7, 11) is 0. The Hall–Kier alpha value is -1.26. The molecule has 2 aromatic rings. The summed E-state index contributed by atoms with van der Waals surface area (Å²) < 4.78 is 0. The average molecular weight is 197 g/mol. The van der Waals surface area contributed by atoms with Crippen LogP contribution in [-0.2, 0) is 0 Å². The zero-order chi connectivity index (χ0) is 9.42. The number of hydrogen-bond acceptors (Lipinski definition) is 3. The van der Waals surface area contributed by atoms with E-state index in [1.807, 2.05) is 19.1 Å². The third kappa shape index (κ3) is 1.34. The molecule has 1 aromatic heterocycles. The Morgan fingerprint density at radius 3 is 3.00 bits per heavy atom. The van der Waals surface area contributed by atoms with Gasteiger partial charge in [0.15, 0.2) is 0 Å². The van der Waals surface area contributed by atoms with Gasteiger partial charge in [-0.25, -0.2) is 10.8 Å². The maximum Gasteiger partial charge on any atom is 0.215 e. The van der Waals surface area contributed by atoms with Gasteiger partial charge in [-0.15, -0.1) is 0 Å². The van der Waals surface area contributed by atoms with Crippen LogP contribution in [0.25, 0.3) is 11.0 Å². The Balaban J connectivity index is 2.75. The Morgan fingerprint density at radius 2 is 2.31 bits per heavy atom. The number of nitrogens with one attached hydrogen (secondary N) is 2. The highest BCUT2D eigenvalue weighted by molar-refractivity contribution is 6.31. The molecule has 0 unspecified atom stereocenters. The smallest absolute Gasteiger partial charge is 0.215 e. The molecule has 5 heteroatoms. The molecule has 0 bridgehead atoms. The monoisotopic (exact) mass is 196 g/mol. The van der Waals surface area contributed by atoms with Gasteiger partial charge in [0.25, 0.3) is 0 Å². The van der Waals surface area contributed by atoms with Crippen LogP contribution in [0.1, 0.15) is 5.56 Å². The van der Waals surface area contributed by atoms with Crippen LogP contribution in [0, 0.1) is 6.92 Å². The minimum absolute atomic E-state index is 0.542. The van der Waals surface area contributed by atoms with E-state index in [4.69, 9.17) is 17.4 Å². The average Bonchev–Trinajstić information content (AvgIpc) is 2.47. The van der Waals surface area contributed by atoms with Gasteiger partial charge in [0.2, 0.25) is 5.95 Å². The number of anilines is 1. The van der Waals surface area contributed by atoms with Crippen molar-refractivity contribution in [3.05, 3.63) is 22.7 Å². The number of aryl methyl sites for hydroxylation is 1. The number of hydrogen-bond donors (Lipinski definition) is 3. The number of fused-ring (bicyclic) bond motifs is 1. The van der Waals surface area contributed by atoms with Crippen molar-refractivity contribution in [3.63, 3.8) is 0 Å². The van der Waals surface area contributed by atoms with Crippen molar-refractivity contribution in [1.29, 1.82) is 0 Å². The summed E-state index contributed by atoms with van der Waals surface area (Å²) in [5.41, 5.74) is 5.25. The van der Waals surface area contributed by atoms with Crippen molar-refractivity contribution in [1.82, 2.24) is 9.97 Å². The fourth-order valence-corrected chi connectivity index (χ4v) is 1.59. The first-order valence-corrected chi connectivity index (χ1v) is 4.21. The molecule has 0 atom stereocenters. The van der Waals surface area contributed by atoms with Crippen molar-refractivity contribution in [2.75, 3.05) is 5.43 Å². The van der Waals surface area contributed by atoms with Crippen LogP contribution in [0.2, 0.25) is 5.02 Å². The van der Waals surface area contributed by atoms with Crippen LogP contribution in [0.5, 0.6) is 0 Å². The zero-order valence-corrected chi connectivity index (χ0v) is 7.81. The van der Waals surface area contributed by atoms with Crippen LogP contribution in [0.15, 0.2) is 12.1 Å². The van der Waals surface area contributed by atoms with E-state index in [0.717, 1.165) is 16.6 Å². The number of H-pyrrole nitrogens is 1. The number of aromatic amines is 1. The number of nitrogens with zero attached hydrogens (tertiary/aromatic N) is 1. The Labute approximate surface area is 80.1 Å². The van der Waals surface area contributed by atoms with Crippen molar-refractivity contribution in [2.45, 2.75) is 6.92 Å². The summed E-state index contributed by atoms with van der Waals surface area (Å²) >= 11 is 5.88. The molecule has 0 saturated carbocycles. The summed E-state index contributed by atoms with van der Waals surface area (Å²) in [5.74, 6) is 5.77. The van der Waals surface area contributed by atoms with Crippen LogP contribution in [0.3, 0.4) is 0 Å². The van der Waals surface area contributed by atoms with Gasteiger partial charge in [-0.2, -0.15) is 0 Å². The normalized spacial score (nSPS) is 10.7. The van der Waals surface area contributed by atoms with E-state index in [2.05, 4.69) is 15.4 Å². The van der Waals surface area contributed by atoms with Gasteiger partial charge in [0, 0.05) is 5.02 Å². The molecule has 0 fully saturated rings. The van der Waals surface area contributed by atoms with E-state index in [0.29, 0.717) is 11.0 Å². The summed E-state index contributed by atoms with van der Waals surface area (Å²) in [5, 5.41) is 0.692. The third-order valence-electron chi connectivity index (χ3n) is 1.88. The summed E-state index contributed by atoms with van der Waals surface area (Å²) in [6.45, 7) is 1.95. The predicted octanol–water partition coefficient (Wildman–Crippen LogP) is 1.81. The van der Waals surface area contributed by atoms with Gasteiger partial charge in [0.05, 0.1) is 11.0 Å². The molecule has 4 N–H and O–H groups in total. The van der Waals surface area contributed by atoms with Crippen molar-refractivity contribution in [3.8, 4) is 0 Å². The quantitative estimate of drug-likeness (QED) is 0.482. The lowest BCUT2D eigenvalue weighted by Gasteiger charge is -1.94. The van der Waals surface area contributed by atoms with Gasteiger partial charge in [-0.05, 0) is 24.6 Å². The first kappa shape index (κ1) is 8.34. The fourth-order valence-electron chi connectivity index (χ4n) is 1.31. The number of nitrogens with two attached hydrogens (primary N) is 1. The van der Waals surface area contributed by atoms with E-state index in [-0.39, 0.29) is 0 Å². The van der Waals surface area contributed by atoms with E-state index < -0.39 is 0 Å². The third-order valence-corrected chi connectivity index (χ3v) is 2.10. The lowest BCUT2D eigenvalue weighted by Crippen LogP contribution is -2.07. The Kier molecular flexibility index (Phi) is 1.86. The minimum Gasteiger partial charge on any atom is -0.323 e. The Morgan fingerprint density at radius 1 is 1.54 bits per heavy atom. The molecule has 0 saturated heterocycles. The highest BCUT2D eigenvalue weighted by Gasteiger charge is 2.04. The largest absolute Gasteiger partial charge is 0.323 e. The summed E-state index contributed by atoms with van der Waals surface area (Å²) in [6.07, 6.45) is 0. The predicted molar refractivity (Wildman–Crippen MR) is 53.7 cm³/mol. The SMILES string of the molecule is Cc1cc(Cl)cc2[nH]c(NN)nc12. The molecule has 0 spiro atoms. The molecular formula is C8H9ClN4. The summed E-state index contributed by atoms with van der Waals surface area (Å²) in [4.78, 5) is 7.22. The second-order valence-electron chi connectivity index (χ2n) is 2.85. The van der Waals surface area contributed by atoms with E-state index in [1.165, 1.54) is 0 Å². The van der Waals surface area contributed by atoms with Gasteiger partial charge >= 0.3 is 0 Å². The highest BCUT2D eigenvalue weighted by Crippen LogP contribution is 2.22. The highest BCUT2D eigenvalue weighted by atomic mass is 35.5. The first-order chi connectivity index (χ1) is 6.20. The van der Waals surface area contributed by atoms with E-state index in [1.54, 1.807) is 0 Å². The molecule has 2 rings (SSSR count). The van der Waals surface area contributed by atoms with Crippen LogP contribution >= 0.6 is 11.6 Å². The fraction of sp³-hybridized carbons (Fsp3) is 0.125. The number of imidazole rings is 1. The van der Waals surface area contributed by atoms with Crippen molar-refractivity contribution >= 4 is 28.6 Å². The molecule has 0 aliphatic carbocycles. The molecule has 1 aromatic carbocycles. The maximum absolute atomic E-state index is 5.88. The topological polar surface area (TPSA) is 66.7 Å². The molecule has 13 heavy (non-hydrogen) atoms. The van der Waals surface area contributed by atoms with Crippen molar-refractivity contribution in [2.24, 2.45) is 5.84 Å². The van der Waals surface area contributed by atoms with E-state index >= 15 is 0 Å². The van der Waals surface area contributed by atoms with Gasteiger partial charge < -0.3 is 4.98 Å². The van der Waals surface area contributed by atoms with Gasteiger partial charge in [-0.1, -0.05) is 11.6 Å². The molecule has 0 radical (unpaired) electrons. The summed E-state index contributed by atoms with van der Waals surface area (Å²) in [6, 6.07) is 3.68. The van der Waals surface area contributed by atoms with Crippen LogP contribution < -0.4 is 11.3 Å². The maximum atomic E-state index is 5.88.